The van der Waals surface area contributed by atoms with Gasteiger partial charge < -0.3 is 0 Å². The van der Waals surface area contributed by atoms with E-state index in [9.17, 15) is 0 Å². The molecule has 84 valence electrons. The molecule has 0 saturated carbocycles. The van der Waals surface area contributed by atoms with Gasteiger partial charge in [0.05, 0.1) is 0 Å². The van der Waals surface area contributed by atoms with Crippen molar-refractivity contribution in [2.75, 3.05) is 5.75 Å². The van der Waals surface area contributed by atoms with Crippen molar-refractivity contribution in [1.82, 2.24) is 0 Å². The molecule has 0 atom stereocenters. The van der Waals surface area contributed by atoms with Crippen LogP contribution in [0, 0.1) is 0 Å². The summed E-state index contributed by atoms with van der Waals surface area (Å²) < 4.78 is 0. The normalized spacial score (nSPS) is 9.20. The summed E-state index contributed by atoms with van der Waals surface area (Å²) in [5.74, 6) is 1.07. The number of hydrogen-bond donors (Lipinski definition) is 1. The standard InChI is InChI=1S/C12H26S.2Na.2H/c1-2-3-4-5-6-7-8-9-10-11-12-13;;;;/h13H,2-12H2,1H3;;;;. The number of unbranched alkanes of at least 4 members (excludes halogenated alkanes) is 9. The zero-order chi connectivity index (χ0) is 9.78. The van der Waals surface area contributed by atoms with Gasteiger partial charge in [0.15, 0.2) is 0 Å². The van der Waals surface area contributed by atoms with Crippen molar-refractivity contribution in [3.05, 3.63) is 0 Å². The molecular weight excluding hydrogens is 222 g/mol. The Kier molecular flexibility index (Phi) is 32.5. The Labute approximate surface area is 147 Å². The number of hydrogen-bond acceptors (Lipinski definition) is 1. The van der Waals surface area contributed by atoms with E-state index in [1.165, 1.54) is 64.2 Å². The van der Waals surface area contributed by atoms with Crippen molar-refractivity contribution in [3.63, 3.8) is 0 Å². The van der Waals surface area contributed by atoms with Gasteiger partial charge in [-0.1, -0.05) is 64.7 Å². The topological polar surface area (TPSA) is 0 Å². The first kappa shape index (κ1) is 22.5. The van der Waals surface area contributed by atoms with E-state index in [4.69, 9.17) is 0 Å². The Morgan fingerprint density at radius 1 is 0.600 bits per heavy atom. The predicted molar refractivity (Wildman–Crippen MR) is 80.0 cm³/mol. The van der Waals surface area contributed by atoms with E-state index >= 15 is 0 Å². The van der Waals surface area contributed by atoms with E-state index in [0.717, 1.165) is 5.75 Å². The monoisotopic (exact) mass is 250 g/mol. The third-order valence-corrected chi connectivity index (χ3v) is 2.83. The summed E-state index contributed by atoms with van der Waals surface area (Å²) >= 11 is 4.20. The first-order valence-corrected chi connectivity index (χ1v) is 6.66. The minimum atomic E-state index is 0. The van der Waals surface area contributed by atoms with Gasteiger partial charge in [-0.3, -0.25) is 0 Å². The molecular formula is C12H28Na2S. The fourth-order valence-corrected chi connectivity index (χ4v) is 1.82. The van der Waals surface area contributed by atoms with Gasteiger partial charge in [-0.25, -0.2) is 0 Å². The summed E-state index contributed by atoms with van der Waals surface area (Å²) in [7, 11) is 0. The third-order valence-electron chi connectivity index (χ3n) is 2.51. The van der Waals surface area contributed by atoms with E-state index in [2.05, 4.69) is 19.6 Å². The molecule has 0 aliphatic carbocycles. The summed E-state index contributed by atoms with van der Waals surface area (Å²) in [6.07, 6.45) is 14.2. The van der Waals surface area contributed by atoms with E-state index in [-0.39, 0.29) is 59.1 Å². The maximum absolute atomic E-state index is 4.20. The molecule has 0 nitrogen and oxygen atoms in total. The maximum atomic E-state index is 4.20. The van der Waals surface area contributed by atoms with Gasteiger partial charge in [-0.2, -0.15) is 12.6 Å². The molecule has 0 rings (SSSR count). The second kappa shape index (κ2) is 21.6. The molecule has 0 aromatic rings. The van der Waals surface area contributed by atoms with E-state index in [1.54, 1.807) is 0 Å². The van der Waals surface area contributed by atoms with Gasteiger partial charge in [-0.15, -0.1) is 0 Å². The molecule has 15 heavy (non-hydrogen) atoms. The Balaban J connectivity index is -0.000000720. The van der Waals surface area contributed by atoms with Crippen LogP contribution in [0.4, 0.5) is 0 Å². The van der Waals surface area contributed by atoms with Gasteiger partial charge in [0.1, 0.15) is 0 Å². The Hall–Kier alpha value is 2.35. The molecule has 0 aliphatic rings. The summed E-state index contributed by atoms with van der Waals surface area (Å²) in [5.41, 5.74) is 0. The Bertz CT molecular complexity index is 79.7. The molecule has 0 fully saturated rings. The summed E-state index contributed by atoms with van der Waals surface area (Å²) in [4.78, 5) is 0. The molecule has 3 heteroatoms. The van der Waals surface area contributed by atoms with Crippen LogP contribution < -0.4 is 0 Å². The molecule has 0 saturated heterocycles. The van der Waals surface area contributed by atoms with Crippen LogP contribution in [0.3, 0.4) is 0 Å². The number of rotatable bonds is 10. The van der Waals surface area contributed by atoms with E-state index < -0.39 is 0 Å². The van der Waals surface area contributed by atoms with Gasteiger partial charge in [-0.05, 0) is 12.2 Å². The van der Waals surface area contributed by atoms with Crippen molar-refractivity contribution in [2.45, 2.75) is 71.1 Å². The molecule has 0 N–H and O–H groups in total. The van der Waals surface area contributed by atoms with Crippen LogP contribution in [0.1, 0.15) is 71.1 Å². The van der Waals surface area contributed by atoms with Gasteiger partial charge in [0.2, 0.25) is 0 Å². The van der Waals surface area contributed by atoms with E-state index in [0.29, 0.717) is 0 Å². The predicted octanol–water partition coefficient (Wildman–Crippen LogP) is 3.54. The fourth-order valence-electron chi connectivity index (χ4n) is 1.60. The Morgan fingerprint density at radius 3 is 1.27 bits per heavy atom. The SMILES string of the molecule is CCCCCCCCCCCCS.[NaH].[NaH]. The summed E-state index contributed by atoms with van der Waals surface area (Å²) in [5, 5.41) is 0. The third kappa shape index (κ3) is 22.1. The molecule has 0 unspecified atom stereocenters. The van der Waals surface area contributed by atoms with Crippen molar-refractivity contribution in [3.8, 4) is 0 Å². The van der Waals surface area contributed by atoms with Crippen molar-refractivity contribution in [2.24, 2.45) is 0 Å². The number of thiol groups is 1. The van der Waals surface area contributed by atoms with Crippen LogP contribution in [0.2, 0.25) is 0 Å². The first-order chi connectivity index (χ1) is 6.41. The van der Waals surface area contributed by atoms with E-state index in [1.807, 2.05) is 0 Å². The van der Waals surface area contributed by atoms with Crippen LogP contribution in [0.15, 0.2) is 0 Å². The van der Waals surface area contributed by atoms with Crippen LogP contribution in [-0.4, -0.2) is 64.9 Å². The summed E-state index contributed by atoms with van der Waals surface area (Å²) in [6.45, 7) is 2.28. The molecule has 0 bridgehead atoms. The van der Waals surface area contributed by atoms with Crippen molar-refractivity contribution < 1.29 is 0 Å². The quantitative estimate of drug-likeness (QED) is 0.342. The fraction of sp³-hybridized carbons (Fsp3) is 1.00. The molecule has 0 amide bonds. The van der Waals surface area contributed by atoms with Gasteiger partial charge in [0.25, 0.3) is 0 Å². The second-order valence-corrected chi connectivity index (χ2v) is 4.35. The van der Waals surface area contributed by atoms with Crippen LogP contribution >= 0.6 is 12.6 Å². The minimum absolute atomic E-state index is 0. The average Bonchev–Trinajstić information content (AvgIpc) is 2.16. The zero-order valence-corrected chi connectivity index (χ0v) is 10.1. The van der Waals surface area contributed by atoms with Gasteiger partial charge >= 0.3 is 59.1 Å². The van der Waals surface area contributed by atoms with Crippen LogP contribution in [0.25, 0.3) is 0 Å². The summed E-state index contributed by atoms with van der Waals surface area (Å²) in [6, 6.07) is 0. The second-order valence-electron chi connectivity index (χ2n) is 3.91. The molecule has 0 radical (unpaired) electrons. The van der Waals surface area contributed by atoms with Crippen molar-refractivity contribution >= 4 is 71.7 Å². The zero-order valence-electron chi connectivity index (χ0n) is 9.23. The molecule has 0 aromatic carbocycles. The van der Waals surface area contributed by atoms with Crippen LogP contribution in [0.5, 0.6) is 0 Å². The Morgan fingerprint density at radius 2 is 0.933 bits per heavy atom. The molecule has 0 heterocycles. The molecule has 0 spiro atoms. The van der Waals surface area contributed by atoms with Crippen LogP contribution in [-0.2, 0) is 0 Å². The van der Waals surface area contributed by atoms with Crippen molar-refractivity contribution in [1.29, 1.82) is 0 Å². The average molecular weight is 250 g/mol. The first-order valence-electron chi connectivity index (χ1n) is 6.02. The molecule has 0 aliphatic heterocycles. The molecule has 0 aromatic heterocycles. The van der Waals surface area contributed by atoms with Gasteiger partial charge in [0, 0.05) is 0 Å².